The lowest BCUT2D eigenvalue weighted by Gasteiger charge is -2.45. The van der Waals surface area contributed by atoms with Gasteiger partial charge in [-0.2, -0.15) is 0 Å². The standard InChI is InChI=1S/C16H22Cl2O/c1-11-9-15(2,3)6-7-16(11,19)10-12-4-5-13(17)8-14(12)18/h4-5,8,11,19H,6-7,9-10H2,1-3H3. The molecule has 1 fully saturated rings. The lowest BCUT2D eigenvalue weighted by atomic mass is 9.64. The molecule has 1 N–H and O–H groups in total. The van der Waals surface area contributed by atoms with Gasteiger partial charge in [-0.05, 0) is 48.3 Å². The molecule has 1 aliphatic carbocycles. The Bertz CT molecular complexity index is 470. The van der Waals surface area contributed by atoms with Crippen LogP contribution in [0.1, 0.15) is 45.6 Å². The summed E-state index contributed by atoms with van der Waals surface area (Å²) < 4.78 is 0. The Hall–Kier alpha value is -0.240. The Morgan fingerprint density at radius 3 is 2.53 bits per heavy atom. The molecule has 1 aromatic rings. The second-order valence-corrected chi connectivity index (χ2v) is 7.63. The summed E-state index contributed by atoms with van der Waals surface area (Å²) in [7, 11) is 0. The van der Waals surface area contributed by atoms with Crippen LogP contribution >= 0.6 is 23.2 Å². The molecule has 0 radical (unpaired) electrons. The summed E-state index contributed by atoms with van der Waals surface area (Å²) in [5.41, 5.74) is 0.669. The molecule has 3 heteroatoms. The van der Waals surface area contributed by atoms with Crippen molar-refractivity contribution >= 4 is 23.2 Å². The Labute approximate surface area is 125 Å². The van der Waals surface area contributed by atoms with Crippen LogP contribution < -0.4 is 0 Å². The smallest absolute Gasteiger partial charge is 0.0714 e. The average molecular weight is 301 g/mol. The van der Waals surface area contributed by atoms with Crippen molar-refractivity contribution in [1.82, 2.24) is 0 Å². The van der Waals surface area contributed by atoms with E-state index in [1.54, 1.807) is 6.07 Å². The number of hydrogen-bond donors (Lipinski definition) is 1. The van der Waals surface area contributed by atoms with E-state index in [0.717, 1.165) is 24.8 Å². The highest BCUT2D eigenvalue weighted by atomic mass is 35.5. The van der Waals surface area contributed by atoms with Crippen molar-refractivity contribution < 1.29 is 5.11 Å². The highest BCUT2D eigenvalue weighted by Crippen LogP contribution is 2.45. The fraction of sp³-hybridized carbons (Fsp3) is 0.625. The molecule has 0 heterocycles. The molecule has 2 rings (SSSR count). The lowest BCUT2D eigenvalue weighted by Crippen LogP contribution is -2.45. The number of benzene rings is 1. The van der Waals surface area contributed by atoms with Gasteiger partial charge in [0.25, 0.3) is 0 Å². The molecule has 1 aromatic carbocycles. The Kier molecular flexibility index (Phi) is 4.21. The molecule has 1 aliphatic rings. The van der Waals surface area contributed by atoms with Crippen LogP contribution in [0.3, 0.4) is 0 Å². The normalized spacial score (nSPS) is 30.3. The van der Waals surface area contributed by atoms with Crippen LogP contribution in [0.4, 0.5) is 0 Å². The van der Waals surface area contributed by atoms with E-state index in [1.807, 2.05) is 12.1 Å². The number of halogens is 2. The lowest BCUT2D eigenvalue weighted by molar-refractivity contribution is -0.0704. The quantitative estimate of drug-likeness (QED) is 0.804. The fourth-order valence-electron chi connectivity index (χ4n) is 3.18. The molecule has 19 heavy (non-hydrogen) atoms. The van der Waals surface area contributed by atoms with Crippen molar-refractivity contribution in [2.45, 2.75) is 52.1 Å². The van der Waals surface area contributed by atoms with Gasteiger partial charge in [0.05, 0.1) is 5.60 Å². The van der Waals surface area contributed by atoms with Gasteiger partial charge in [0.15, 0.2) is 0 Å². The number of hydrogen-bond acceptors (Lipinski definition) is 1. The van der Waals surface area contributed by atoms with Crippen molar-refractivity contribution in [1.29, 1.82) is 0 Å². The van der Waals surface area contributed by atoms with Gasteiger partial charge in [0, 0.05) is 16.5 Å². The minimum absolute atomic E-state index is 0.281. The largest absolute Gasteiger partial charge is 0.389 e. The molecule has 1 nitrogen and oxygen atoms in total. The second-order valence-electron chi connectivity index (χ2n) is 6.79. The van der Waals surface area contributed by atoms with E-state index in [-0.39, 0.29) is 5.92 Å². The zero-order chi connectivity index (χ0) is 14.3. The monoisotopic (exact) mass is 300 g/mol. The molecule has 1 saturated carbocycles. The van der Waals surface area contributed by atoms with Crippen LogP contribution in [-0.2, 0) is 6.42 Å². The molecule has 0 saturated heterocycles. The summed E-state index contributed by atoms with van der Waals surface area (Å²) in [6.07, 6.45) is 3.55. The molecule has 0 spiro atoms. The van der Waals surface area contributed by atoms with Crippen molar-refractivity contribution in [2.24, 2.45) is 11.3 Å². The van der Waals surface area contributed by atoms with Crippen molar-refractivity contribution in [3.8, 4) is 0 Å². The van der Waals surface area contributed by atoms with E-state index < -0.39 is 5.60 Å². The molecule has 0 aromatic heterocycles. The van der Waals surface area contributed by atoms with Crippen LogP contribution in [0.5, 0.6) is 0 Å². The third-order valence-electron chi connectivity index (χ3n) is 4.52. The molecule has 106 valence electrons. The van der Waals surface area contributed by atoms with Crippen molar-refractivity contribution in [3.05, 3.63) is 33.8 Å². The van der Waals surface area contributed by atoms with Gasteiger partial charge in [-0.1, -0.05) is 50.0 Å². The third kappa shape index (κ3) is 3.45. The zero-order valence-electron chi connectivity index (χ0n) is 11.8. The molecule has 0 bridgehead atoms. The van der Waals surface area contributed by atoms with Gasteiger partial charge in [-0.25, -0.2) is 0 Å². The molecular weight excluding hydrogens is 279 g/mol. The van der Waals surface area contributed by atoms with Crippen LogP contribution in [0.15, 0.2) is 18.2 Å². The van der Waals surface area contributed by atoms with Gasteiger partial charge in [0.1, 0.15) is 0 Å². The van der Waals surface area contributed by atoms with Crippen LogP contribution in [0.2, 0.25) is 10.0 Å². The second kappa shape index (κ2) is 5.27. The zero-order valence-corrected chi connectivity index (χ0v) is 13.4. The predicted octanol–water partition coefficient (Wildman–Crippen LogP) is 5.11. The van der Waals surface area contributed by atoms with Gasteiger partial charge in [-0.3, -0.25) is 0 Å². The van der Waals surface area contributed by atoms with Gasteiger partial charge >= 0.3 is 0 Å². The predicted molar refractivity (Wildman–Crippen MR) is 81.9 cm³/mol. The maximum Gasteiger partial charge on any atom is 0.0714 e. The Morgan fingerprint density at radius 1 is 1.26 bits per heavy atom. The van der Waals surface area contributed by atoms with E-state index in [9.17, 15) is 5.11 Å². The van der Waals surface area contributed by atoms with Crippen LogP contribution in [-0.4, -0.2) is 10.7 Å². The number of rotatable bonds is 2. The van der Waals surface area contributed by atoms with Gasteiger partial charge in [-0.15, -0.1) is 0 Å². The molecule has 2 unspecified atom stereocenters. The summed E-state index contributed by atoms with van der Waals surface area (Å²) in [4.78, 5) is 0. The highest BCUT2D eigenvalue weighted by Gasteiger charge is 2.42. The topological polar surface area (TPSA) is 20.2 Å². The third-order valence-corrected chi connectivity index (χ3v) is 5.11. The molecule has 0 amide bonds. The van der Waals surface area contributed by atoms with Crippen LogP contribution in [0, 0.1) is 11.3 Å². The highest BCUT2D eigenvalue weighted by molar-refractivity contribution is 6.35. The number of aliphatic hydroxyl groups is 1. The summed E-state index contributed by atoms with van der Waals surface area (Å²) in [5.74, 6) is 0.281. The van der Waals surface area contributed by atoms with Crippen LogP contribution in [0.25, 0.3) is 0 Å². The summed E-state index contributed by atoms with van der Waals surface area (Å²) in [6.45, 7) is 6.70. The minimum atomic E-state index is -0.646. The maximum absolute atomic E-state index is 10.9. The Morgan fingerprint density at radius 2 is 1.95 bits per heavy atom. The first-order chi connectivity index (χ1) is 8.72. The van der Waals surface area contributed by atoms with Crippen molar-refractivity contribution in [2.75, 3.05) is 0 Å². The Balaban J connectivity index is 2.18. The van der Waals surface area contributed by atoms with E-state index in [0.29, 0.717) is 21.9 Å². The minimum Gasteiger partial charge on any atom is -0.389 e. The van der Waals surface area contributed by atoms with Crippen molar-refractivity contribution in [3.63, 3.8) is 0 Å². The summed E-state index contributed by atoms with van der Waals surface area (Å²) in [6, 6.07) is 5.51. The van der Waals surface area contributed by atoms with E-state index >= 15 is 0 Å². The summed E-state index contributed by atoms with van der Waals surface area (Å²) in [5, 5.41) is 12.2. The fourth-order valence-corrected chi connectivity index (χ4v) is 3.65. The van der Waals surface area contributed by atoms with E-state index in [4.69, 9.17) is 23.2 Å². The van der Waals surface area contributed by atoms with E-state index in [2.05, 4.69) is 20.8 Å². The SMILES string of the molecule is CC1CC(C)(C)CCC1(O)Cc1ccc(Cl)cc1Cl. The molecule has 0 aliphatic heterocycles. The first-order valence-corrected chi connectivity index (χ1v) is 7.64. The average Bonchev–Trinajstić information content (AvgIpc) is 2.28. The maximum atomic E-state index is 10.9. The molecule has 2 atom stereocenters. The van der Waals surface area contributed by atoms with E-state index in [1.165, 1.54) is 0 Å². The first kappa shape index (κ1) is 15.2. The van der Waals surface area contributed by atoms with Gasteiger partial charge in [0.2, 0.25) is 0 Å². The first-order valence-electron chi connectivity index (χ1n) is 6.88. The summed E-state index contributed by atoms with van der Waals surface area (Å²) >= 11 is 12.1. The molecular formula is C16H22Cl2O. The van der Waals surface area contributed by atoms with Gasteiger partial charge < -0.3 is 5.11 Å².